The van der Waals surface area contributed by atoms with Gasteiger partial charge in [-0.1, -0.05) is 29.8 Å². The number of furan rings is 1. The number of nitrogens with two attached hydrogens (primary N) is 1. The summed E-state index contributed by atoms with van der Waals surface area (Å²) in [6, 6.07) is 7.48. The number of aryl methyl sites for hydroxylation is 2. The van der Waals surface area contributed by atoms with E-state index in [9.17, 15) is 5.11 Å². The SMILES string of the molecule is Cc1oc(C)c(C(O)C(CN)c2ccccc2Cl)c1C. The molecule has 0 aliphatic carbocycles. The van der Waals surface area contributed by atoms with Gasteiger partial charge in [-0.05, 0) is 38.0 Å². The Hall–Kier alpha value is -1.29. The highest BCUT2D eigenvalue weighted by molar-refractivity contribution is 6.31. The van der Waals surface area contributed by atoms with E-state index in [-0.39, 0.29) is 5.92 Å². The Kier molecular flexibility index (Phi) is 4.53. The molecule has 0 fully saturated rings. The number of halogens is 1. The van der Waals surface area contributed by atoms with E-state index in [1.54, 1.807) is 0 Å². The van der Waals surface area contributed by atoms with Crippen LogP contribution in [-0.4, -0.2) is 11.7 Å². The van der Waals surface area contributed by atoms with Crippen molar-refractivity contribution in [1.29, 1.82) is 0 Å². The third-order valence-corrected chi connectivity index (χ3v) is 4.20. The fraction of sp³-hybridized carbons (Fsp3) is 0.375. The summed E-state index contributed by atoms with van der Waals surface area (Å²) in [5, 5.41) is 11.4. The molecule has 108 valence electrons. The number of rotatable bonds is 4. The Morgan fingerprint density at radius 2 is 1.85 bits per heavy atom. The second-order valence-corrected chi connectivity index (χ2v) is 5.47. The van der Waals surface area contributed by atoms with Gasteiger partial charge in [0.05, 0.1) is 6.10 Å². The fourth-order valence-electron chi connectivity index (χ4n) is 2.65. The van der Waals surface area contributed by atoms with Gasteiger partial charge in [0.25, 0.3) is 0 Å². The molecule has 0 amide bonds. The highest BCUT2D eigenvalue weighted by Crippen LogP contribution is 2.38. The molecule has 2 atom stereocenters. The second kappa shape index (κ2) is 6.00. The maximum atomic E-state index is 10.7. The van der Waals surface area contributed by atoms with E-state index in [1.165, 1.54) is 0 Å². The van der Waals surface area contributed by atoms with Gasteiger partial charge >= 0.3 is 0 Å². The molecule has 1 heterocycles. The summed E-state index contributed by atoms with van der Waals surface area (Å²) in [6.45, 7) is 6.02. The summed E-state index contributed by atoms with van der Waals surface area (Å²) >= 11 is 6.22. The van der Waals surface area contributed by atoms with Crippen LogP contribution in [0.2, 0.25) is 5.02 Å². The maximum absolute atomic E-state index is 10.7. The Morgan fingerprint density at radius 1 is 1.20 bits per heavy atom. The summed E-state index contributed by atoms with van der Waals surface area (Å²) in [5.74, 6) is 1.31. The summed E-state index contributed by atoms with van der Waals surface area (Å²) in [6.07, 6.45) is -0.725. The minimum atomic E-state index is -0.725. The molecule has 2 unspecified atom stereocenters. The molecule has 0 saturated heterocycles. The van der Waals surface area contributed by atoms with Crippen LogP contribution < -0.4 is 5.73 Å². The van der Waals surface area contributed by atoms with Gasteiger partial charge in [-0.15, -0.1) is 0 Å². The van der Waals surface area contributed by atoms with E-state index < -0.39 is 6.10 Å². The van der Waals surface area contributed by atoms with Crippen molar-refractivity contribution in [3.05, 3.63) is 57.5 Å². The van der Waals surface area contributed by atoms with Gasteiger partial charge in [0, 0.05) is 23.0 Å². The number of hydrogen-bond acceptors (Lipinski definition) is 3. The van der Waals surface area contributed by atoms with Gasteiger partial charge in [0.2, 0.25) is 0 Å². The monoisotopic (exact) mass is 293 g/mol. The van der Waals surface area contributed by atoms with Crippen LogP contribution in [0.3, 0.4) is 0 Å². The predicted molar refractivity (Wildman–Crippen MR) is 81.1 cm³/mol. The normalized spacial score (nSPS) is 14.3. The Balaban J connectivity index is 2.44. The van der Waals surface area contributed by atoms with Crippen LogP contribution >= 0.6 is 11.6 Å². The lowest BCUT2D eigenvalue weighted by Gasteiger charge is -2.23. The van der Waals surface area contributed by atoms with Crippen molar-refractivity contribution in [2.45, 2.75) is 32.8 Å². The highest BCUT2D eigenvalue weighted by atomic mass is 35.5. The highest BCUT2D eigenvalue weighted by Gasteiger charge is 2.28. The molecule has 1 aromatic heterocycles. The van der Waals surface area contributed by atoms with Gasteiger partial charge in [0.1, 0.15) is 11.5 Å². The molecular formula is C16H20ClNO2. The molecule has 3 nitrogen and oxygen atoms in total. The molecule has 4 heteroatoms. The molecule has 2 rings (SSSR count). The first kappa shape index (κ1) is 15.1. The molecule has 0 spiro atoms. The molecule has 0 radical (unpaired) electrons. The zero-order valence-electron chi connectivity index (χ0n) is 12.0. The number of hydrogen-bond donors (Lipinski definition) is 2. The van der Waals surface area contributed by atoms with Crippen molar-refractivity contribution in [3.8, 4) is 0 Å². The number of benzene rings is 1. The third kappa shape index (κ3) is 2.62. The van der Waals surface area contributed by atoms with Crippen molar-refractivity contribution in [3.63, 3.8) is 0 Å². The maximum Gasteiger partial charge on any atom is 0.107 e. The Labute approximate surface area is 124 Å². The van der Waals surface area contributed by atoms with Crippen molar-refractivity contribution in [1.82, 2.24) is 0 Å². The summed E-state index contributed by atoms with van der Waals surface area (Å²) in [4.78, 5) is 0. The van der Waals surface area contributed by atoms with Crippen molar-refractivity contribution in [2.75, 3.05) is 6.54 Å². The van der Waals surface area contributed by atoms with Gasteiger partial charge in [-0.25, -0.2) is 0 Å². The first-order valence-corrected chi connectivity index (χ1v) is 7.04. The lowest BCUT2D eigenvalue weighted by atomic mass is 9.87. The summed E-state index contributed by atoms with van der Waals surface area (Å²) < 4.78 is 5.59. The van der Waals surface area contributed by atoms with Gasteiger partial charge in [0.15, 0.2) is 0 Å². The van der Waals surface area contributed by atoms with Gasteiger partial charge < -0.3 is 15.3 Å². The topological polar surface area (TPSA) is 59.4 Å². The molecule has 3 N–H and O–H groups in total. The summed E-state index contributed by atoms with van der Waals surface area (Å²) in [7, 11) is 0. The van der Waals surface area contributed by atoms with E-state index in [1.807, 2.05) is 45.0 Å². The van der Waals surface area contributed by atoms with Crippen molar-refractivity contribution < 1.29 is 9.52 Å². The summed E-state index contributed by atoms with van der Waals surface area (Å²) in [5.41, 5.74) is 8.52. The second-order valence-electron chi connectivity index (χ2n) is 5.06. The van der Waals surface area contributed by atoms with Crippen molar-refractivity contribution >= 4 is 11.6 Å². The smallest absolute Gasteiger partial charge is 0.107 e. The van der Waals surface area contributed by atoms with Crippen LogP contribution in [0.1, 0.15) is 40.2 Å². The fourth-order valence-corrected chi connectivity index (χ4v) is 2.92. The minimum Gasteiger partial charge on any atom is -0.466 e. The van der Waals surface area contributed by atoms with E-state index in [2.05, 4.69) is 0 Å². The molecule has 20 heavy (non-hydrogen) atoms. The quantitative estimate of drug-likeness (QED) is 0.905. The average molecular weight is 294 g/mol. The van der Waals surface area contributed by atoms with Crippen LogP contribution in [0.4, 0.5) is 0 Å². The third-order valence-electron chi connectivity index (χ3n) is 3.85. The van der Waals surface area contributed by atoms with Crippen LogP contribution in [0, 0.1) is 20.8 Å². The van der Waals surface area contributed by atoms with E-state index >= 15 is 0 Å². The zero-order chi connectivity index (χ0) is 14.9. The minimum absolute atomic E-state index is 0.252. The van der Waals surface area contributed by atoms with Crippen LogP contribution in [0.5, 0.6) is 0 Å². The zero-order valence-corrected chi connectivity index (χ0v) is 12.7. The van der Waals surface area contributed by atoms with E-state index in [0.717, 1.165) is 28.2 Å². The molecular weight excluding hydrogens is 274 g/mol. The Morgan fingerprint density at radius 3 is 2.35 bits per heavy atom. The molecule has 0 aliphatic rings. The first-order chi connectivity index (χ1) is 9.47. The van der Waals surface area contributed by atoms with E-state index in [4.69, 9.17) is 21.8 Å². The molecule has 0 aliphatic heterocycles. The van der Waals surface area contributed by atoms with Crippen LogP contribution in [0.15, 0.2) is 28.7 Å². The standard InChI is InChI=1S/C16H20ClNO2/c1-9-10(2)20-11(3)15(9)16(19)13(8-18)12-6-4-5-7-14(12)17/h4-7,13,16,19H,8,18H2,1-3H3. The number of aliphatic hydroxyl groups is 1. The Bertz CT molecular complexity index is 607. The van der Waals surface area contributed by atoms with Crippen LogP contribution in [0.25, 0.3) is 0 Å². The predicted octanol–water partition coefficient (Wildman–Crippen LogP) is 3.63. The van der Waals surface area contributed by atoms with Gasteiger partial charge in [-0.3, -0.25) is 0 Å². The lowest BCUT2D eigenvalue weighted by molar-refractivity contribution is 0.145. The number of aliphatic hydroxyl groups excluding tert-OH is 1. The first-order valence-electron chi connectivity index (χ1n) is 6.66. The molecule has 1 aromatic carbocycles. The molecule has 2 aromatic rings. The average Bonchev–Trinajstić information content (AvgIpc) is 2.66. The largest absolute Gasteiger partial charge is 0.466 e. The molecule has 0 saturated carbocycles. The lowest BCUT2D eigenvalue weighted by Crippen LogP contribution is -2.21. The van der Waals surface area contributed by atoms with Gasteiger partial charge in [-0.2, -0.15) is 0 Å². The molecule has 0 bridgehead atoms. The van der Waals surface area contributed by atoms with Crippen LogP contribution in [-0.2, 0) is 0 Å². The van der Waals surface area contributed by atoms with Crippen molar-refractivity contribution in [2.24, 2.45) is 5.73 Å². The van der Waals surface area contributed by atoms with E-state index in [0.29, 0.717) is 11.6 Å².